The topological polar surface area (TPSA) is 64.3 Å². The van der Waals surface area contributed by atoms with Gasteiger partial charge in [0.2, 0.25) is 0 Å². The number of nitrogens with zero attached hydrogens (tertiary/aromatic N) is 4. The predicted octanol–water partition coefficient (Wildman–Crippen LogP) is 0.432. The Morgan fingerprint density at radius 3 is 3.04 bits per heavy atom. The van der Waals surface area contributed by atoms with Gasteiger partial charge >= 0.3 is 0 Å². The molecule has 0 radical (unpaired) electrons. The molecule has 7 heteroatoms. The molecule has 3 rings (SSSR count). The van der Waals surface area contributed by atoms with E-state index in [4.69, 9.17) is 4.74 Å². The molecule has 0 spiro atoms. The van der Waals surface area contributed by atoms with Crippen molar-refractivity contribution in [3.8, 4) is 0 Å². The lowest BCUT2D eigenvalue weighted by Gasteiger charge is -2.32. The van der Waals surface area contributed by atoms with Crippen LogP contribution in [0, 0.1) is 0 Å². The lowest BCUT2D eigenvalue weighted by atomic mass is 10.2. The van der Waals surface area contributed by atoms with Crippen LogP contribution in [0.3, 0.4) is 0 Å². The van der Waals surface area contributed by atoms with Crippen LogP contribution in [0.15, 0.2) is 35.6 Å². The van der Waals surface area contributed by atoms with Gasteiger partial charge in [0.25, 0.3) is 5.56 Å². The Kier molecular flexibility index (Phi) is 4.78. The summed E-state index contributed by atoms with van der Waals surface area (Å²) in [6.07, 6.45) is 7.52. The second-order valence-electron chi connectivity index (χ2n) is 5.99. The van der Waals surface area contributed by atoms with E-state index in [0.717, 1.165) is 19.6 Å². The maximum Gasteiger partial charge on any atom is 0.293 e. The number of aryl methyl sites for hydroxylation is 2. The summed E-state index contributed by atoms with van der Waals surface area (Å²) in [4.78, 5) is 18.4. The molecular weight excluding hydrogens is 294 g/mol. The summed E-state index contributed by atoms with van der Waals surface area (Å²) < 4.78 is 9.37. The van der Waals surface area contributed by atoms with E-state index in [1.165, 1.54) is 10.1 Å². The third kappa shape index (κ3) is 4.00. The second-order valence-corrected chi connectivity index (χ2v) is 5.99. The first-order valence-corrected chi connectivity index (χ1v) is 7.82. The van der Waals surface area contributed by atoms with Gasteiger partial charge in [-0.05, 0) is 11.6 Å². The van der Waals surface area contributed by atoms with Crippen LogP contribution < -0.4 is 10.9 Å². The summed E-state index contributed by atoms with van der Waals surface area (Å²) in [5.41, 5.74) is 1.18. The van der Waals surface area contributed by atoms with Gasteiger partial charge in [-0.2, -0.15) is 0 Å². The number of hydrogen-bond donors (Lipinski definition) is 1. The Balaban J connectivity index is 1.54. The summed E-state index contributed by atoms with van der Waals surface area (Å²) in [5.74, 6) is 0.374. The van der Waals surface area contributed by atoms with Gasteiger partial charge in [0, 0.05) is 65.1 Å². The summed E-state index contributed by atoms with van der Waals surface area (Å²) in [5, 5.41) is 3.11. The van der Waals surface area contributed by atoms with E-state index < -0.39 is 0 Å². The summed E-state index contributed by atoms with van der Waals surface area (Å²) >= 11 is 0. The van der Waals surface area contributed by atoms with Crippen LogP contribution in [0.1, 0.15) is 5.56 Å². The highest BCUT2D eigenvalue weighted by Crippen LogP contribution is 2.11. The van der Waals surface area contributed by atoms with Crippen molar-refractivity contribution in [2.75, 3.05) is 31.6 Å². The Morgan fingerprint density at radius 1 is 1.39 bits per heavy atom. The lowest BCUT2D eigenvalue weighted by molar-refractivity contribution is -0.0240. The second kappa shape index (κ2) is 6.97. The number of hydrogen-bond acceptors (Lipinski definition) is 5. The zero-order valence-corrected chi connectivity index (χ0v) is 13.6. The first-order valence-electron chi connectivity index (χ1n) is 7.82. The van der Waals surface area contributed by atoms with Gasteiger partial charge in [-0.3, -0.25) is 9.69 Å². The van der Waals surface area contributed by atoms with Gasteiger partial charge in [0.1, 0.15) is 0 Å². The van der Waals surface area contributed by atoms with Gasteiger partial charge in [-0.25, -0.2) is 4.98 Å². The van der Waals surface area contributed by atoms with Gasteiger partial charge in [0.05, 0.1) is 12.7 Å². The Bertz CT molecular complexity index is 708. The van der Waals surface area contributed by atoms with E-state index in [1.807, 2.05) is 7.05 Å². The standard InChI is InChI=1S/C16H23N5O2/c1-19-5-3-13(10-19)11-21-7-8-23-14(12-21)9-18-15-16(22)20(2)6-4-17-15/h3-6,10,14H,7-9,11-12H2,1-2H3,(H,17,18)/t14-/m0/s1. The number of rotatable bonds is 5. The maximum absolute atomic E-state index is 11.9. The molecule has 124 valence electrons. The van der Waals surface area contributed by atoms with Crippen molar-refractivity contribution in [2.45, 2.75) is 12.6 Å². The third-order valence-electron chi connectivity index (χ3n) is 4.04. The van der Waals surface area contributed by atoms with Gasteiger partial charge < -0.3 is 19.2 Å². The van der Waals surface area contributed by atoms with Crippen molar-refractivity contribution in [2.24, 2.45) is 14.1 Å². The minimum atomic E-state index is -0.121. The normalized spacial score (nSPS) is 19.0. The molecule has 1 fully saturated rings. The molecular formula is C16H23N5O2. The molecule has 23 heavy (non-hydrogen) atoms. The zero-order chi connectivity index (χ0) is 16.2. The fourth-order valence-corrected chi connectivity index (χ4v) is 2.79. The molecule has 0 bridgehead atoms. The van der Waals surface area contributed by atoms with E-state index in [-0.39, 0.29) is 11.7 Å². The average molecular weight is 317 g/mol. The van der Waals surface area contributed by atoms with Crippen LogP contribution in [0.2, 0.25) is 0 Å². The fraction of sp³-hybridized carbons (Fsp3) is 0.500. The van der Waals surface area contributed by atoms with E-state index in [0.29, 0.717) is 19.0 Å². The van der Waals surface area contributed by atoms with Crippen LogP contribution >= 0.6 is 0 Å². The number of ether oxygens (including phenoxy) is 1. The number of nitrogens with one attached hydrogen (secondary N) is 1. The van der Waals surface area contributed by atoms with E-state index in [2.05, 4.69) is 38.2 Å². The van der Waals surface area contributed by atoms with Crippen molar-refractivity contribution in [1.82, 2.24) is 19.0 Å². The van der Waals surface area contributed by atoms with Crippen LogP contribution in [0.4, 0.5) is 5.82 Å². The highest BCUT2D eigenvalue weighted by atomic mass is 16.5. The molecule has 0 unspecified atom stereocenters. The predicted molar refractivity (Wildman–Crippen MR) is 88.4 cm³/mol. The Morgan fingerprint density at radius 2 is 2.26 bits per heavy atom. The molecule has 1 N–H and O–H groups in total. The molecule has 3 heterocycles. The molecule has 1 aliphatic rings. The third-order valence-corrected chi connectivity index (χ3v) is 4.04. The number of anilines is 1. The first-order chi connectivity index (χ1) is 11.1. The SMILES string of the molecule is Cn1ccc(CN2CCO[C@@H](CNc3nccn(C)c3=O)C2)c1. The molecule has 7 nitrogen and oxygen atoms in total. The molecule has 0 aliphatic carbocycles. The zero-order valence-electron chi connectivity index (χ0n) is 13.6. The molecule has 2 aromatic rings. The molecule has 1 aliphatic heterocycles. The first kappa shape index (κ1) is 15.8. The minimum Gasteiger partial charge on any atom is -0.374 e. The van der Waals surface area contributed by atoms with E-state index >= 15 is 0 Å². The average Bonchev–Trinajstić information content (AvgIpc) is 2.94. The highest BCUT2D eigenvalue weighted by Gasteiger charge is 2.21. The van der Waals surface area contributed by atoms with Crippen LogP contribution in [-0.2, 0) is 25.4 Å². The smallest absolute Gasteiger partial charge is 0.293 e. The van der Waals surface area contributed by atoms with Crippen LogP contribution in [0.25, 0.3) is 0 Å². The Hall–Kier alpha value is -2.12. The maximum atomic E-state index is 11.9. The monoisotopic (exact) mass is 317 g/mol. The fourth-order valence-electron chi connectivity index (χ4n) is 2.79. The van der Waals surface area contributed by atoms with Crippen molar-refractivity contribution >= 4 is 5.82 Å². The lowest BCUT2D eigenvalue weighted by Crippen LogP contribution is -2.45. The quantitative estimate of drug-likeness (QED) is 0.866. The van der Waals surface area contributed by atoms with Crippen molar-refractivity contribution in [1.29, 1.82) is 0 Å². The van der Waals surface area contributed by atoms with Crippen LogP contribution in [0.5, 0.6) is 0 Å². The number of morpholine rings is 1. The van der Waals surface area contributed by atoms with E-state index in [1.54, 1.807) is 19.4 Å². The molecule has 1 atom stereocenters. The van der Waals surface area contributed by atoms with Gasteiger partial charge in [-0.15, -0.1) is 0 Å². The van der Waals surface area contributed by atoms with Crippen molar-refractivity contribution in [3.05, 3.63) is 46.8 Å². The highest BCUT2D eigenvalue weighted by molar-refractivity contribution is 5.30. The minimum absolute atomic E-state index is 0.0548. The summed E-state index contributed by atoms with van der Waals surface area (Å²) in [6, 6.07) is 2.14. The summed E-state index contributed by atoms with van der Waals surface area (Å²) in [6.45, 7) is 3.98. The molecule has 0 aromatic carbocycles. The van der Waals surface area contributed by atoms with Crippen molar-refractivity contribution in [3.63, 3.8) is 0 Å². The van der Waals surface area contributed by atoms with Gasteiger partial charge in [0.15, 0.2) is 5.82 Å². The van der Waals surface area contributed by atoms with E-state index in [9.17, 15) is 4.79 Å². The Labute approximate surface area is 135 Å². The van der Waals surface area contributed by atoms with Crippen molar-refractivity contribution < 1.29 is 4.74 Å². The molecule has 0 amide bonds. The largest absolute Gasteiger partial charge is 0.374 e. The van der Waals surface area contributed by atoms with Crippen LogP contribution in [-0.4, -0.2) is 51.4 Å². The molecule has 0 saturated carbocycles. The van der Waals surface area contributed by atoms with Gasteiger partial charge in [-0.1, -0.05) is 0 Å². The molecule has 1 saturated heterocycles. The summed E-state index contributed by atoms with van der Waals surface area (Å²) in [7, 11) is 3.75. The molecule has 2 aromatic heterocycles. The number of aromatic nitrogens is 3.